The van der Waals surface area contributed by atoms with Crippen molar-refractivity contribution in [3.63, 3.8) is 0 Å². The zero-order valence-corrected chi connectivity index (χ0v) is 11.4. The first-order valence-corrected chi connectivity index (χ1v) is 7.26. The van der Waals surface area contributed by atoms with Crippen LogP contribution >= 0.6 is 23.2 Å². The molecule has 3 nitrogen and oxygen atoms in total. The van der Waals surface area contributed by atoms with Crippen molar-refractivity contribution in [1.82, 2.24) is 0 Å². The van der Waals surface area contributed by atoms with Crippen molar-refractivity contribution in [1.29, 1.82) is 0 Å². The smallest absolute Gasteiger partial charge is 0.263 e. The van der Waals surface area contributed by atoms with E-state index in [0.717, 1.165) is 0 Å². The lowest BCUT2D eigenvalue weighted by Crippen LogP contribution is -2.13. The molecule has 0 fully saturated rings. The third kappa shape index (κ3) is 2.96. The summed E-state index contributed by atoms with van der Waals surface area (Å²) < 4.78 is 26.6. The second kappa shape index (κ2) is 5.18. The molecule has 94 valence electrons. The molecule has 0 aliphatic carbocycles. The SMILES string of the molecule is O=S(=O)(Nc1cccc(Cl)c1)c1ccccc1Cl. The van der Waals surface area contributed by atoms with E-state index in [-0.39, 0.29) is 9.92 Å². The van der Waals surface area contributed by atoms with Gasteiger partial charge in [0.05, 0.1) is 10.7 Å². The third-order valence-corrected chi connectivity index (χ3v) is 4.32. The number of anilines is 1. The van der Waals surface area contributed by atoms with Crippen LogP contribution in [0.2, 0.25) is 10.0 Å². The van der Waals surface area contributed by atoms with E-state index in [1.807, 2.05) is 0 Å². The van der Waals surface area contributed by atoms with Gasteiger partial charge < -0.3 is 0 Å². The van der Waals surface area contributed by atoms with Crippen LogP contribution in [0.3, 0.4) is 0 Å². The van der Waals surface area contributed by atoms with Gasteiger partial charge in [-0.3, -0.25) is 4.72 Å². The Bertz CT molecular complexity index is 671. The maximum Gasteiger partial charge on any atom is 0.263 e. The van der Waals surface area contributed by atoms with Gasteiger partial charge in [-0.05, 0) is 30.3 Å². The number of nitrogens with one attached hydrogen (secondary N) is 1. The third-order valence-electron chi connectivity index (χ3n) is 2.20. The summed E-state index contributed by atoms with van der Waals surface area (Å²) in [4.78, 5) is 0.0339. The zero-order valence-electron chi connectivity index (χ0n) is 9.10. The molecule has 2 aromatic rings. The molecule has 0 amide bonds. The lowest BCUT2D eigenvalue weighted by Gasteiger charge is -2.09. The molecule has 0 unspecified atom stereocenters. The van der Waals surface area contributed by atoms with Crippen molar-refractivity contribution in [3.05, 3.63) is 58.6 Å². The van der Waals surface area contributed by atoms with Gasteiger partial charge in [-0.25, -0.2) is 8.42 Å². The summed E-state index contributed by atoms with van der Waals surface area (Å²) in [5.41, 5.74) is 0.391. The number of sulfonamides is 1. The standard InChI is InChI=1S/C12H9Cl2NO2S/c13-9-4-3-5-10(8-9)15-18(16,17)12-7-2-1-6-11(12)14/h1-8,15H. The molecule has 0 aliphatic rings. The molecule has 0 atom stereocenters. The summed E-state index contributed by atoms with van der Waals surface area (Å²) in [7, 11) is -3.70. The fourth-order valence-electron chi connectivity index (χ4n) is 1.42. The van der Waals surface area contributed by atoms with E-state index in [4.69, 9.17) is 23.2 Å². The molecule has 2 aromatic carbocycles. The summed E-state index contributed by atoms with van der Waals surface area (Å²) in [5.74, 6) is 0. The van der Waals surface area contributed by atoms with Crippen LogP contribution in [-0.4, -0.2) is 8.42 Å². The average Bonchev–Trinajstić information content (AvgIpc) is 2.28. The van der Waals surface area contributed by atoms with Gasteiger partial charge in [0.25, 0.3) is 10.0 Å². The minimum atomic E-state index is -3.70. The van der Waals surface area contributed by atoms with Gasteiger partial charge in [0.1, 0.15) is 4.90 Å². The molecule has 18 heavy (non-hydrogen) atoms. The van der Waals surface area contributed by atoms with Crippen molar-refractivity contribution >= 4 is 38.9 Å². The highest BCUT2D eigenvalue weighted by molar-refractivity contribution is 7.92. The Balaban J connectivity index is 2.37. The summed E-state index contributed by atoms with van der Waals surface area (Å²) in [6.07, 6.45) is 0. The van der Waals surface area contributed by atoms with E-state index >= 15 is 0 Å². The molecular weight excluding hydrogens is 293 g/mol. The first-order chi connectivity index (χ1) is 8.49. The zero-order chi connectivity index (χ0) is 13.2. The van der Waals surface area contributed by atoms with Crippen molar-refractivity contribution in [2.75, 3.05) is 4.72 Å². The highest BCUT2D eigenvalue weighted by Gasteiger charge is 2.17. The Morgan fingerprint density at radius 3 is 2.33 bits per heavy atom. The summed E-state index contributed by atoms with van der Waals surface area (Å²) in [6.45, 7) is 0. The monoisotopic (exact) mass is 301 g/mol. The normalized spacial score (nSPS) is 11.2. The van der Waals surface area contributed by atoms with Crippen molar-refractivity contribution in [2.45, 2.75) is 4.90 Å². The second-order valence-electron chi connectivity index (χ2n) is 3.55. The minimum absolute atomic E-state index is 0.0339. The maximum atomic E-state index is 12.1. The largest absolute Gasteiger partial charge is 0.280 e. The molecule has 0 aliphatic heterocycles. The Hall–Kier alpha value is -1.23. The van der Waals surface area contributed by atoms with Crippen LogP contribution in [-0.2, 0) is 10.0 Å². The van der Waals surface area contributed by atoms with Gasteiger partial charge in [-0.2, -0.15) is 0 Å². The van der Waals surface area contributed by atoms with Crippen molar-refractivity contribution in [3.8, 4) is 0 Å². The van der Waals surface area contributed by atoms with Crippen LogP contribution in [0.15, 0.2) is 53.4 Å². The number of hydrogen-bond donors (Lipinski definition) is 1. The fourth-order valence-corrected chi connectivity index (χ4v) is 3.19. The van der Waals surface area contributed by atoms with E-state index in [1.54, 1.807) is 30.3 Å². The first-order valence-electron chi connectivity index (χ1n) is 5.02. The van der Waals surface area contributed by atoms with Crippen molar-refractivity contribution in [2.24, 2.45) is 0 Å². The Kier molecular flexibility index (Phi) is 3.80. The summed E-state index contributed by atoms with van der Waals surface area (Å²) >= 11 is 11.7. The molecule has 0 spiro atoms. The lowest BCUT2D eigenvalue weighted by molar-refractivity contribution is 0.601. The maximum absolute atomic E-state index is 12.1. The van der Waals surface area contributed by atoms with Crippen molar-refractivity contribution < 1.29 is 8.42 Å². The number of halogens is 2. The van der Waals surface area contributed by atoms with Crippen LogP contribution in [0.1, 0.15) is 0 Å². The lowest BCUT2D eigenvalue weighted by atomic mass is 10.3. The van der Waals surface area contributed by atoms with E-state index in [1.165, 1.54) is 18.2 Å². The molecular formula is C12H9Cl2NO2S. The van der Waals surface area contributed by atoms with Crippen LogP contribution < -0.4 is 4.72 Å². The van der Waals surface area contributed by atoms with Gasteiger partial charge >= 0.3 is 0 Å². The molecule has 0 saturated heterocycles. The molecule has 1 N–H and O–H groups in total. The molecule has 0 radical (unpaired) electrons. The van der Waals surface area contributed by atoms with E-state index in [0.29, 0.717) is 10.7 Å². The average molecular weight is 302 g/mol. The van der Waals surface area contributed by atoms with Gasteiger partial charge in [0.2, 0.25) is 0 Å². The predicted octanol–water partition coefficient (Wildman–Crippen LogP) is 3.79. The topological polar surface area (TPSA) is 46.2 Å². The van der Waals surface area contributed by atoms with E-state index in [2.05, 4.69) is 4.72 Å². The molecule has 2 rings (SSSR count). The predicted molar refractivity (Wildman–Crippen MR) is 73.7 cm³/mol. The summed E-state index contributed by atoms with van der Waals surface area (Å²) in [5, 5.41) is 0.626. The van der Waals surface area contributed by atoms with Gasteiger partial charge in [0, 0.05) is 5.02 Å². The van der Waals surface area contributed by atoms with Gasteiger partial charge in [0.15, 0.2) is 0 Å². The molecule has 6 heteroatoms. The van der Waals surface area contributed by atoms with Crippen LogP contribution in [0, 0.1) is 0 Å². The highest BCUT2D eigenvalue weighted by atomic mass is 35.5. The Labute approximate surface area is 115 Å². The van der Waals surface area contributed by atoms with Crippen LogP contribution in [0.4, 0.5) is 5.69 Å². The van der Waals surface area contributed by atoms with E-state index in [9.17, 15) is 8.42 Å². The second-order valence-corrected chi connectivity index (χ2v) is 6.04. The highest BCUT2D eigenvalue weighted by Crippen LogP contribution is 2.24. The van der Waals surface area contributed by atoms with Crippen LogP contribution in [0.5, 0.6) is 0 Å². The Morgan fingerprint density at radius 2 is 1.67 bits per heavy atom. The number of rotatable bonds is 3. The van der Waals surface area contributed by atoms with Gasteiger partial charge in [-0.1, -0.05) is 41.4 Å². The van der Waals surface area contributed by atoms with E-state index < -0.39 is 10.0 Å². The number of hydrogen-bond acceptors (Lipinski definition) is 2. The summed E-state index contributed by atoms with van der Waals surface area (Å²) in [6, 6.07) is 12.7. The van der Waals surface area contributed by atoms with Gasteiger partial charge in [-0.15, -0.1) is 0 Å². The molecule has 0 bridgehead atoms. The molecule has 0 heterocycles. The fraction of sp³-hybridized carbons (Fsp3) is 0. The minimum Gasteiger partial charge on any atom is -0.280 e. The Morgan fingerprint density at radius 1 is 0.944 bits per heavy atom. The number of benzene rings is 2. The first kappa shape index (κ1) is 13.2. The quantitative estimate of drug-likeness (QED) is 0.937. The molecule has 0 aromatic heterocycles. The van der Waals surface area contributed by atoms with Crippen LogP contribution in [0.25, 0.3) is 0 Å². The molecule has 0 saturated carbocycles.